The lowest BCUT2D eigenvalue weighted by Gasteiger charge is -2.13. The second-order valence-corrected chi connectivity index (χ2v) is 4.33. The maximum Gasteiger partial charge on any atom is 0.416 e. The van der Waals surface area contributed by atoms with Crippen molar-refractivity contribution < 1.29 is 28.1 Å². The molecule has 0 saturated heterocycles. The number of aromatic hydroxyl groups is 1. The van der Waals surface area contributed by atoms with Crippen LogP contribution in [0.4, 0.5) is 13.2 Å². The highest BCUT2D eigenvalue weighted by atomic mass is 19.4. The van der Waals surface area contributed by atoms with Crippen LogP contribution in [-0.2, 0) is 6.18 Å². The van der Waals surface area contributed by atoms with E-state index in [-0.39, 0.29) is 35.8 Å². The molecular weight excluding hydrogens is 285 g/mol. The number of phenolic OH excluding ortho intramolecular Hbond substituents is 1. The first-order chi connectivity index (χ1) is 9.91. The summed E-state index contributed by atoms with van der Waals surface area (Å²) in [6, 6.07) is 9.30. The molecule has 0 atom stereocenters. The number of rotatable bonds is 4. The lowest BCUT2D eigenvalue weighted by atomic mass is 10.0. The number of aliphatic hydroxyl groups excluding tert-OH is 1. The molecule has 0 spiro atoms. The molecule has 0 fully saturated rings. The first-order valence-corrected chi connectivity index (χ1v) is 6.16. The summed E-state index contributed by atoms with van der Waals surface area (Å²) < 4.78 is 43.8. The van der Waals surface area contributed by atoms with Crippen LogP contribution in [0.2, 0.25) is 0 Å². The molecule has 2 N–H and O–H groups in total. The Labute approximate surface area is 119 Å². The van der Waals surface area contributed by atoms with Crippen LogP contribution in [-0.4, -0.2) is 23.4 Å². The van der Waals surface area contributed by atoms with Crippen molar-refractivity contribution in [3.05, 3.63) is 48.0 Å². The van der Waals surface area contributed by atoms with Gasteiger partial charge >= 0.3 is 6.18 Å². The van der Waals surface area contributed by atoms with Crippen LogP contribution in [0.15, 0.2) is 42.5 Å². The Balaban J connectivity index is 2.52. The molecule has 0 aliphatic heterocycles. The summed E-state index contributed by atoms with van der Waals surface area (Å²) in [5, 5.41) is 18.5. The van der Waals surface area contributed by atoms with Gasteiger partial charge in [0.25, 0.3) is 0 Å². The van der Waals surface area contributed by atoms with Gasteiger partial charge in [0, 0.05) is 5.56 Å². The fraction of sp³-hybridized carbons (Fsp3) is 0.200. The zero-order valence-electron chi connectivity index (χ0n) is 10.9. The molecule has 2 aromatic rings. The van der Waals surface area contributed by atoms with Gasteiger partial charge in [-0.15, -0.1) is 0 Å². The number of alkyl halides is 3. The van der Waals surface area contributed by atoms with Gasteiger partial charge in [-0.25, -0.2) is 0 Å². The van der Waals surface area contributed by atoms with Crippen molar-refractivity contribution in [1.29, 1.82) is 0 Å². The average molecular weight is 298 g/mol. The smallest absolute Gasteiger partial charge is 0.416 e. The standard InChI is InChI=1S/C15H13F3O3/c16-15(17,18)11-7-10(8-12(9-11)21-6-5-19)13-3-1-2-4-14(13)20/h1-4,7-9,19-20H,5-6H2. The van der Waals surface area contributed by atoms with E-state index in [2.05, 4.69) is 0 Å². The summed E-state index contributed by atoms with van der Waals surface area (Å²) in [6.45, 7) is -0.413. The van der Waals surface area contributed by atoms with Gasteiger partial charge in [-0.3, -0.25) is 0 Å². The van der Waals surface area contributed by atoms with Crippen LogP contribution in [0.25, 0.3) is 11.1 Å². The number of phenols is 1. The van der Waals surface area contributed by atoms with Gasteiger partial charge < -0.3 is 14.9 Å². The van der Waals surface area contributed by atoms with Crippen LogP contribution >= 0.6 is 0 Å². The number of para-hydroxylation sites is 1. The molecule has 0 aliphatic carbocycles. The van der Waals surface area contributed by atoms with E-state index in [0.29, 0.717) is 0 Å². The molecule has 0 aromatic heterocycles. The molecule has 0 amide bonds. The van der Waals surface area contributed by atoms with Crippen molar-refractivity contribution in [2.24, 2.45) is 0 Å². The Morgan fingerprint density at radius 1 is 1.05 bits per heavy atom. The Bertz CT molecular complexity index is 624. The summed E-state index contributed by atoms with van der Waals surface area (Å²) in [4.78, 5) is 0. The minimum atomic E-state index is -4.53. The first-order valence-electron chi connectivity index (χ1n) is 6.16. The van der Waals surface area contributed by atoms with E-state index in [9.17, 15) is 18.3 Å². The topological polar surface area (TPSA) is 49.7 Å². The SMILES string of the molecule is OCCOc1cc(-c2ccccc2O)cc(C(F)(F)F)c1. The van der Waals surface area contributed by atoms with Crippen LogP contribution in [0, 0.1) is 0 Å². The lowest BCUT2D eigenvalue weighted by Crippen LogP contribution is -2.07. The fourth-order valence-electron chi connectivity index (χ4n) is 1.88. The van der Waals surface area contributed by atoms with Crippen LogP contribution in [0.5, 0.6) is 11.5 Å². The van der Waals surface area contributed by atoms with Gasteiger partial charge in [-0.1, -0.05) is 18.2 Å². The third kappa shape index (κ3) is 3.66. The van der Waals surface area contributed by atoms with Crippen molar-refractivity contribution in [3.63, 3.8) is 0 Å². The zero-order chi connectivity index (χ0) is 15.5. The molecular formula is C15H13F3O3. The molecule has 0 aliphatic rings. The molecule has 112 valence electrons. The lowest BCUT2D eigenvalue weighted by molar-refractivity contribution is -0.137. The Morgan fingerprint density at radius 3 is 2.38 bits per heavy atom. The quantitative estimate of drug-likeness (QED) is 0.909. The van der Waals surface area contributed by atoms with Gasteiger partial charge in [-0.05, 0) is 29.8 Å². The molecule has 0 saturated carbocycles. The average Bonchev–Trinajstić information content (AvgIpc) is 2.44. The second-order valence-electron chi connectivity index (χ2n) is 4.33. The van der Waals surface area contributed by atoms with Gasteiger partial charge in [0.15, 0.2) is 0 Å². The third-order valence-electron chi connectivity index (χ3n) is 2.81. The number of hydrogen-bond donors (Lipinski definition) is 2. The minimum Gasteiger partial charge on any atom is -0.507 e. The van der Waals surface area contributed by atoms with Crippen molar-refractivity contribution in [2.75, 3.05) is 13.2 Å². The van der Waals surface area contributed by atoms with E-state index in [1.807, 2.05) is 0 Å². The highest BCUT2D eigenvalue weighted by Crippen LogP contribution is 2.37. The van der Waals surface area contributed by atoms with E-state index in [1.54, 1.807) is 12.1 Å². The van der Waals surface area contributed by atoms with Crippen LogP contribution in [0.3, 0.4) is 0 Å². The monoisotopic (exact) mass is 298 g/mol. The molecule has 3 nitrogen and oxygen atoms in total. The summed E-state index contributed by atoms with van der Waals surface area (Å²) in [7, 11) is 0. The molecule has 0 radical (unpaired) electrons. The molecule has 2 aromatic carbocycles. The molecule has 6 heteroatoms. The maximum absolute atomic E-state index is 12.9. The van der Waals surface area contributed by atoms with Crippen molar-refractivity contribution >= 4 is 0 Å². The van der Waals surface area contributed by atoms with E-state index < -0.39 is 11.7 Å². The maximum atomic E-state index is 12.9. The van der Waals surface area contributed by atoms with E-state index in [4.69, 9.17) is 9.84 Å². The van der Waals surface area contributed by atoms with Crippen LogP contribution in [0.1, 0.15) is 5.56 Å². The molecule has 0 unspecified atom stereocenters. The van der Waals surface area contributed by atoms with Gasteiger partial charge in [0.05, 0.1) is 12.2 Å². The van der Waals surface area contributed by atoms with Crippen molar-refractivity contribution in [1.82, 2.24) is 0 Å². The molecule has 21 heavy (non-hydrogen) atoms. The molecule has 2 rings (SSSR count). The molecule has 0 heterocycles. The summed E-state index contributed by atoms with van der Waals surface area (Å²) >= 11 is 0. The van der Waals surface area contributed by atoms with Gasteiger partial charge in [0.2, 0.25) is 0 Å². The van der Waals surface area contributed by atoms with Gasteiger partial charge in [-0.2, -0.15) is 13.2 Å². The van der Waals surface area contributed by atoms with E-state index in [0.717, 1.165) is 12.1 Å². The number of halogens is 3. The van der Waals surface area contributed by atoms with Gasteiger partial charge in [0.1, 0.15) is 18.1 Å². The highest BCUT2D eigenvalue weighted by Gasteiger charge is 2.31. The largest absolute Gasteiger partial charge is 0.507 e. The molecule has 0 bridgehead atoms. The zero-order valence-corrected chi connectivity index (χ0v) is 10.9. The Hall–Kier alpha value is -2.21. The van der Waals surface area contributed by atoms with Crippen LogP contribution < -0.4 is 4.74 Å². The van der Waals surface area contributed by atoms with E-state index in [1.165, 1.54) is 18.2 Å². The van der Waals surface area contributed by atoms with Crippen molar-refractivity contribution in [3.8, 4) is 22.6 Å². The number of hydrogen-bond acceptors (Lipinski definition) is 3. The summed E-state index contributed by atoms with van der Waals surface area (Å²) in [5.41, 5.74) is -0.412. The number of aliphatic hydroxyl groups is 1. The Kier molecular flexibility index (Phi) is 4.37. The second kappa shape index (κ2) is 6.05. The summed E-state index contributed by atoms with van der Waals surface area (Å²) in [5.74, 6) is -0.137. The number of ether oxygens (including phenoxy) is 1. The summed E-state index contributed by atoms with van der Waals surface area (Å²) in [6.07, 6.45) is -4.53. The van der Waals surface area contributed by atoms with Crippen molar-refractivity contribution in [2.45, 2.75) is 6.18 Å². The van der Waals surface area contributed by atoms with E-state index >= 15 is 0 Å². The fourth-order valence-corrected chi connectivity index (χ4v) is 1.88. The highest BCUT2D eigenvalue weighted by molar-refractivity contribution is 5.72. The first kappa shape index (κ1) is 15.2. The minimum absolute atomic E-state index is 0.0165. The normalized spacial score (nSPS) is 11.4. The number of benzene rings is 2. The predicted molar refractivity (Wildman–Crippen MR) is 71.1 cm³/mol. The third-order valence-corrected chi connectivity index (χ3v) is 2.81. The predicted octanol–water partition coefficient (Wildman–Crippen LogP) is 3.45. The Morgan fingerprint density at radius 2 is 1.76 bits per heavy atom.